The minimum atomic E-state index is 0.319. The van der Waals surface area contributed by atoms with E-state index >= 15 is 0 Å². The monoisotopic (exact) mass is 261 g/mol. The van der Waals surface area contributed by atoms with Crippen molar-refractivity contribution in [1.29, 1.82) is 0 Å². The Hall–Kier alpha value is -0.860. The fourth-order valence-electron chi connectivity index (χ4n) is 3.11. The number of nitrogens with one attached hydrogen (secondary N) is 1. The van der Waals surface area contributed by atoms with Crippen molar-refractivity contribution >= 4 is 0 Å². The lowest BCUT2D eigenvalue weighted by Crippen LogP contribution is -2.36. The van der Waals surface area contributed by atoms with E-state index in [1.165, 1.54) is 24.0 Å². The van der Waals surface area contributed by atoms with Crippen LogP contribution >= 0.6 is 0 Å². The summed E-state index contributed by atoms with van der Waals surface area (Å²) in [5, 5.41) is 3.44. The molecule has 1 N–H and O–H groups in total. The van der Waals surface area contributed by atoms with Crippen LogP contribution in [0.15, 0.2) is 24.3 Å². The van der Waals surface area contributed by atoms with Gasteiger partial charge in [0.2, 0.25) is 0 Å². The van der Waals surface area contributed by atoms with Gasteiger partial charge in [0.25, 0.3) is 0 Å². The Morgan fingerprint density at radius 3 is 2.89 bits per heavy atom. The summed E-state index contributed by atoms with van der Waals surface area (Å²) in [4.78, 5) is 0. The quantitative estimate of drug-likeness (QED) is 0.843. The summed E-state index contributed by atoms with van der Waals surface area (Å²) in [7, 11) is 2.04. The van der Waals surface area contributed by atoms with E-state index in [0.717, 1.165) is 19.4 Å². The molecule has 1 aromatic rings. The number of ether oxygens (including phenoxy) is 1. The Bertz CT molecular complexity index is 391. The molecule has 0 radical (unpaired) electrons. The van der Waals surface area contributed by atoms with Crippen molar-refractivity contribution in [2.75, 3.05) is 13.7 Å². The highest BCUT2D eigenvalue weighted by atomic mass is 16.5. The molecule has 3 unspecified atom stereocenters. The molecule has 2 heteroatoms. The van der Waals surface area contributed by atoms with E-state index in [0.29, 0.717) is 18.1 Å². The number of rotatable bonds is 6. The normalized spacial score (nSPS) is 23.9. The molecule has 2 rings (SSSR count). The van der Waals surface area contributed by atoms with Gasteiger partial charge in [0.1, 0.15) is 0 Å². The molecule has 0 aromatic heterocycles. The Morgan fingerprint density at radius 2 is 2.16 bits per heavy atom. The van der Waals surface area contributed by atoms with Crippen molar-refractivity contribution < 1.29 is 4.74 Å². The molecule has 0 spiro atoms. The van der Waals surface area contributed by atoms with Gasteiger partial charge < -0.3 is 10.1 Å². The molecule has 106 valence electrons. The molecule has 3 atom stereocenters. The van der Waals surface area contributed by atoms with Gasteiger partial charge in [-0.25, -0.2) is 0 Å². The van der Waals surface area contributed by atoms with Crippen molar-refractivity contribution in [3.8, 4) is 0 Å². The highest BCUT2D eigenvalue weighted by Gasteiger charge is 2.28. The molecule has 0 fully saturated rings. The first kappa shape index (κ1) is 14.5. The molecule has 2 nitrogen and oxygen atoms in total. The van der Waals surface area contributed by atoms with Crippen LogP contribution < -0.4 is 5.32 Å². The molecule has 19 heavy (non-hydrogen) atoms. The van der Waals surface area contributed by atoms with Crippen molar-refractivity contribution in [3.63, 3.8) is 0 Å². The maximum Gasteiger partial charge on any atom is 0.0773 e. The lowest BCUT2D eigenvalue weighted by atomic mass is 9.85. The molecule has 0 saturated carbocycles. The molecule has 0 amide bonds. The summed E-state index contributed by atoms with van der Waals surface area (Å²) in [6, 6.07) is 9.09. The summed E-state index contributed by atoms with van der Waals surface area (Å²) < 4.78 is 6.20. The second kappa shape index (κ2) is 7.06. The first-order chi connectivity index (χ1) is 9.26. The molecule has 0 saturated heterocycles. The van der Waals surface area contributed by atoms with Gasteiger partial charge in [-0.15, -0.1) is 0 Å². The van der Waals surface area contributed by atoms with E-state index in [1.54, 1.807) is 0 Å². The summed E-state index contributed by atoms with van der Waals surface area (Å²) in [6.45, 7) is 5.41. The van der Waals surface area contributed by atoms with E-state index in [4.69, 9.17) is 4.74 Å². The number of benzene rings is 1. The molecular formula is C17H27NO. The van der Waals surface area contributed by atoms with Crippen LogP contribution in [-0.4, -0.2) is 19.8 Å². The van der Waals surface area contributed by atoms with E-state index < -0.39 is 0 Å². The number of fused-ring (bicyclic) bond motifs is 1. The van der Waals surface area contributed by atoms with Crippen molar-refractivity contribution in [1.82, 2.24) is 5.32 Å². The number of hydrogen-bond donors (Lipinski definition) is 1. The molecule has 0 heterocycles. The van der Waals surface area contributed by atoms with Gasteiger partial charge in [-0.3, -0.25) is 0 Å². The Kier molecular flexibility index (Phi) is 5.41. The third-order valence-electron chi connectivity index (χ3n) is 4.15. The van der Waals surface area contributed by atoms with Crippen LogP contribution in [0.4, 0.5) is 0 Å². The summed E-state index contributed by atoms with van der Waals surface area (Å²) >= 11 is 0. The van der Waals surface area contributed by atoms with E-state index in [-0.39, 0.29) is 0 Å². The van der Waals surface area contributed by atoms with Crippen molar-refractivity contribution in [2.45, 2.75) is 51.7 Å². The molecular weight excluding hydrogens is 234 g/mol. The molecule has 1 aliphatic carbocycles. The van der Waals surface area contributed by atoms with E-state index in [9.17, 15) is 0 Å². The van der Waals surface area contributed by atoms with Gasteiger partial charge in [0.05, 0.1) is 12.1 Å². The smallest absolute Gasteiger partial charge is 0.0773 e. The Morgan fingerprint density at radius 1 is 1.37 bits per heavy atom. The summed E-state index contributed by atoms with van der Waals surface area (Å²) in [6.07, 6.45) is 5.09. The lowest BCUT2D eigenvalue weighted by molar-refractivity contribution is -0.000530. The second-order valence-corrected chi connectivity index (χ2v) is 5.77. The first-order valence-electron chi connectivity index (χ1n) is 7.63. The average Bonchev–Trinajstić information content (AvgIpc) is 2.44. The van der Waals surface area contributed by atoms with E-state index in [1.807, 2.05) is 7.05 Å². The fourth-order valence-corrected chi connectivity index (χ4v) is 3.11. The standard InChI is InChI=1S/C17H27NO/c1-4-7-13(2)12-19-16-11-10-14-8-5-6-9-15(14)17(16)18-3/h5-6,8-9,13,16-18H,4,7,10-12H2,1-3H3. The summed E-state index contributed by atoms with van der Waals surface area (Å²) in [5.74, 6) is 0.666. The van der Waals surface area contributed by atoms with Crippen LogP contribution in [-0.2, 0) is 11.2 Å². The maximum absolute atomic E-state index is 6.20. The van der Waals surface area contributed by atoms with Crippen LogP contribution in [0, 0.1) is 5.92 Å². The SMILES string of the molecule is CCCC(C)COC1CCc2ccccc2C1NC. The summed E-state index contributed by atoms with van der Waals surface area (Å²) in [5.41, 5.74) is 2.90. The van der Waals surface area contributed by atoms with Gasteiger partial charge in [-0.1, -0.05) is 44.5 Å². The van der Waals surface area contributed by atoms with Crippen molar-refractivity contribution in [2.24, 2.45) is 5.92 Å². The zero-order valence-corrected chi connectivity index (χ0v) is 12.5. The highest BCUT2D eigenvalue weighted by Crippen LogP contribution is 2.31. The molecule has 0 aliphatic heterocycles. The zero-order valence-electron chi connectivity index (χ0n) is 12.5. The molecule has 1 aliphatic rings. The fraction of sp³-hybridized carbons (Fsp3) is 0.647. The predicted molar refractivity (Wildman–Crippen MR) is 80.4 cm³/mol. The minimum Gasteiger partial charge on any atom is -0.376 e. The van der Waals surface area contributed by atoms with Crippen LogP contribution in [0.5, 0.6) is 0 Å². The van der Waals surface area contributed by atoms with Crippen LogP contribution in [0.25, 0.3) is 0 Å². The van der Waals surface area contributed by atoms with Gasteiger partial charge in [0, 0.05) is 6.61 Å². The highest BCUT2D eigenvalue weighted by molar-refractivity contribution is 5.33. The van der Waals surface area contributed by atoms with Crippen LogP contribution in [0.2, 0.25) is 0 Å². The topological polar surface area (TPSA) is 21.3 Å². The van der Waals surface area contributed by atoms with Gasteiger partial charge in [-0.2, -0.15) is 0 Å². The first-order valence-corrected chi connectivity index (χ1v) is 7.63. The maximum atomic E-state index is 6.20. The third kappa shape index (κ3) is 3.58. The largest absolute Gasteiger partial charge is 0.376 e. The number of hydrogen-bond acceptors (Lipinski definition) is 2. The van der Waals surface area contributed by atoms with Gasteiger partial charge >= 0.3 is 0 Å². The van der Waals surface area contributed by atoms with E-state index in [2.05, 4.69) is 43.4 Å². The minimum absolute atomic E-state index is 0.319. The third-order valence-corrected chi connectivity index (χ3v) is 4.15. The Balaban J connectivity index is 1.99. The zero-order chi connectivity index (χ0) is 13.7. The number of likely N-dealkylation sites (N-methyl/N-ethyl adjacent to an activating group) is 1. The predicted octanol–water partition coefficient (Wildman–Crippen LogP) is 3.71. The van der Waals surface area contributed by atoms with Crippen LogP contribution in [0.3, 0.4) is 0 Å². The van der Waals surface area contributed by atoms with Crippen molar-refractivity contribution in [3.05, 3.63) is 35.4 Å². The number of aryl methyl sites for hydroxylation is 1. The second-order valence-electron chi connectivity index (χ2n) is 5.77. The lowest BCUT2D eigenvalue weighted by Gasteiger charge is -2.34. The Labute approximate surface area is 117 Å². The average molecular weight is 261 g/mol. The molecule has 1 aromatic carbocycles. The van der Waals surface area contributed by atoms with Gasteiger partial charge in [-0.05, 0) is 43.4 Å². The van der Waals surface area contributed by atoms with Gasteiger partial charge in [0.15, 0.2) is 0 Å². The molecule has 0 bridgehead atoms. The van der Waals surface area contributed by atoms with Crippen LogP contribution in [0.1, 0.15) is 50.3 Å².